The summed E-state index contributed by atoms with van der Waals surface area (Å²) in [4.78, 5) is 23.6. The third-order valence-electron chi connectivity index (χ3n) is 3.11. The van der Waals surface area contributed by atoms with E-state index in [-0.39, 0.29) is 18.5 Å². The van der Waals surface area contributed by atoms with E-state index in [9.17, 15) is 9.59 Å². The van der Waals surface area contributed by atoms with Gasteiger partial charge in [0, 0.05) is 18.1 Å². The number of hydrogen-bond acceptors (Lipinski definition) is 4. The lowest BCUT2D eigenvalue weighted by Gasteiger charge is -2.11. The Bertz CT molecular complexity index is 537. The molecule has 1 aromatic rings. The fourth-order valence-electron chi connectivity index (χ4n) is 1.97. The molecule has 20 heavy (non-hydrogen) atoms. The highest BCUT2D eigenvalue weighted by Crippen LogP contribution is 2.37. The molecule has 0 atom stereocenters. The first-order valence-corrected chi connectivity index (χ1v) is 6.72. The van der Waals surface area contributed by atoms with Crippen molar-refractivity contribution in [3.63, 3.8) is 0 Å². The maximum atomic E-state index is 11.9. The van der Waals surface area contributed by atoms with Crippen molar-refractivity contribution in [2.24, 2.45) is 5.92 Å². The summed E-state index contributed by atoms with van der Waals surface area (Å²) in [6.07, 6.45) is 1.25. The summed E-state index contributed by atoms with van der Waals surface area (Å²) in [5.74, 6) is 1.33. The third kappa shape index (κ3) is 3.29. The van der Waals surface area contributed by atoms with Crippen molar-refractivity contribution >= 4 is 17.4 Å². The fraction of sp³-hybridized carbons (Fsp3) is 0.467. The highest BCUT2D eigenvalue weighted by molar-refractivity contribution is 6.04. The topological polar surface area (TPSA) is 64.6 Å². The van der Waals surface area contributed by atoms with Gasteiger partial charge in [0.05, 0.1) is 5.69 Å². The molecule has 1 heterocycles. The summed E-state index contributed by atoms with van der Waals surface area (Å²) >= 11 is 0. The minimum atomic E-state index is -0.123. The van der Waals surface area contributed by atoms with E-state index in [1.54, 1.807) is 12.1 Å². The first kappa shape index (κ1) is 14.4. The summed E-state index contributed by atoms with van der Waals surface area (Å²) in [5.41, 5.74) is 0.919. The standard InChI is InChI=1S/C15H19NO4/c1-9(2)4-5-15(18)16-12-7-14-13(19-8-20-14)6-11(12)10(3)17/h6-7,9H,4-5,8H2,1-3H3,(H,16,18). The van der Waals surface area contributed by atoms with E-state index in [1.165, 1.54) is 6.92 Å². The van der Waals surface area contributed by atoms with Crippen LogP contribution in [0.2, 0.25) is 0 Å². The quantitative estimate of drug-likeness (QED) is 0.840. The highest BCUT2D eigenvalue weighted by Gasteiger charge is 2.20. The Kier molecular flexibility index (Phi) is 4.27. The Labute approximate surface area is 118 Å². The second-order valence-corrected chi connectivity index (χ2v) is 5.29. The van der Waals surface area contributed by atoms with E-state index in [4.69, 9.17) is 9.47 Å². The van der Waals surface area contributed by atoms with Gasteiger partial charge in [-0.2, -0.15) is 0 Å². The van der Waals surface area contributed by atoms with Gasteiger partial charge in [0.15, 0.2) is 17.3 Å². The SMILES string of the molecule is CC(=O)c1cc2c(cc1NC(=O)CCC(C)C)OCO2. The molecule has 1 amide bonds. The Morgan fingerprint density at radius 1 is 1.25 bits per heavy atom. The van der Waals surface area contributed by atoms with Gasteiger partial charge in [-0.25, -0.2) is 0 Å². The van der Waals surface area contributed by atoms with Crippen LogP contribution >= 0.6 is 0 Å². The molecule has 0 saturated heterocycles. The number of amides is 1. The number of ether oxygens (including phenoxy) is 2. The average Bonchev–Trinajstić information content (AvgIpc) is 2.82. The lowest BCUT2D eigenvalue weighted by Crippen LogP contribution is -2.14. The maximum absolute atomic E-state index is 11.9. The largest absolute Gasteiger partial charge is 0.454 e. The van der Waals surface area contributed by atoms with Crippen LogP contribution in [-0.4, -0.2) is 18.5 Å². The van der Waals surface area contributed by atoms with Crippen LogP contribution in [0.15, 0.2) is 12.1 Å². The van der Waals surface area contributed by atoms with Gasteiger partial charge in [0.2, 0.25) is 12.7 Å². The Balaban J connectivity index is 2.18. The first-order valence-electron chi connectivity index (χ1n) is 6.72. The molecule has 1 aliphatic rings. The zero-order chi connectivity index (χ0) is 14.7. The molecular weight excluding hydrogens is 258 g/mol. The molecule has 0 aliphatic carbocycles. The van der Waals surface area contributed by atoms with E-state index in [1.807, 2.05) is 0 Å². The minimum Gasteiger partial charge on any atom is -0.454 e. The molecule has 1 N–H and O–H groups in total. The van der Waals surface area contributed by atoms with Gasteiger partial charge in [0.1, 0.15) is 0 Å². The summed E-state index contributed by atoms with van der Waals surface area (Å²) in [7, 11) is 0. The minimum absolute atomic E-state index is 0.0972. The molecule has 1 aliphatic heterocycles. The molecule has 0 saturated carbocycles. The van der Waals surface area contributed by atoms with Gasteiger partial charge in [-0.3, -0.25) is 9.59 Å². The van der Waals surface area contributed by atoms with E-state index in [0.717, 1.165) is 6.42 Å². The molecule has 0 spiro atoms. The number of hydrogen-bond donors (Lipinski definition) is 1. The lowest BCUT2D eigenvalue weighted by atomic mass is 10.1. The van der Waals surface area contributed by atoms with Gasteiger partial charge in [-0.05, 0) is 25.3 Å². The van der Waals surface area contributed by atoms with Crippen LogP contribution in [0.3, 0.4) is 0 Å². The number of ketones is 1. The van der Waals surface area contributed by atoms with Crippen LogP contribution in [0.1, 0.15) is 44.0 Å². The summed E-state index contributed by atoms with van der Waals surface area (Å²) in [6, 6.07) is 3.26. The summed E-state index contributed by atoms with van der Waals surface area (Å²) in [6.45, 7) is 5.72. The number of carbonyl (C=O) groups is 2. The van der Waals surface area contributed by atoms with Crippen molar-refractivity contribution in [1.29, 1.82) is 0 Å². The van der Waals surface area contributed by atoms with Crippen LogP contribution in [0.4, 0.5) is 5.69 Å². The molecule has 0 radical (unpaired) electrons. The fourth-order valence-corrected chi connectivity index (χ4v) is 1.97. The Morgan fingerprint density at radius 2 is 1.90 bits per heavy atom. The van der Waals surface area contributed by atoms with Crippen LogP contribution in [-0.2, 0) is 4.79 Å². The van der Waals surface area contributed by atoms with Gasteiger partial charge < -0.3 is 14.8 Å². The molecule has 0 aromatic heterocycles. The second-order valence-electron chi connectivity index (χ2n) is 5.29. The van der Waals surface area contributed by atoms with Crippen LogP contribution in [0.5, 0.6) is 11.5 Å². The molecule has 108 valence electrons. The predicted octanol–water partition coefficient (Wildman–Crippen LogP) is 2.99. The van der Waals surface area contributed by atoms with E-state index < -0.39 is 0 Å². The number of anilines is 1. The second kappa shape index (κ2) is 5.94. The van der Waals surface area contributed by atoms with Gasteiger partial charge >= 0.3 is 0 Å². The summed E-state index contributed by atoms with van der Waals surface area (Å²) < 4.78 is 10.5. The van der Waals surface area contributed by atoms with E-state index >= 15 is 0 Å². The zero-order valence-corrected chi connectivity index (χ0v) is 12.0. The van der Waals surface area contributed by atoms with E-state index in [0.29, 0.717) is 35.1 Å². The van der Waals surface area contributed by atoms with Crippen molar-refractivity contribution in [3.8, 4) is 11.5 Å². The van der Waals surface area contributed by atoms with Crippen LogP contribution in [0.25, 0.3) is 0 Å². The van der Waals surface area contributed by atoms with Gasteiger partial charge in [-0.1, -0.05) is 13.8 Å². The molecule has 0 bridgehead atoms. The molecule has 0 fully saturated rings. The number of nitrogens with one attached hydrogen (secondary N) is 1. The molecule has 5 nitrogen and oxygen atoms in total. The van der Waals surface area contributed by atoms with Crippen molar-refractivity contribution in [2.45, 2.75) is 33.6 Å². The Morgan fingerprint density at radius 3 is 2.50 bits per heavy atom. The number of rotatable bonds is 5. The molecule has 0 unspecified atom stereocenters. The predicted molar refractivity (Wildman–Crippen MR) is 75.3 cm³/mol. The van der Waals surface area contributed by atoms with Crippen molar-refractivity contribution in [2.75, 3.05) is 12.1 Å². The number of Topliss-reactive ketones (excluding diaryl/α,β-unsaturated/α-hetero) is 1. The molecular formula is C15H19NO4. The van der Waals surface area contributed by atoms with Crippen molar-refractivity contribution in [3.05, 3.63) is 17.7 Å². The highest BCUT2D eigenvalue weighted by atomic mass is 16.7. The lowest BCUT2D eigenvalue weighted by molar-refractivity contribution is -0.116. The molecule has 1 aromatic carbocycles. The van der Waals surface area contributed by atoms with Crippen LogP contribution < -0.4 is 14.8 Å². The first-order chi connectivity index (χ1) is 9.47. The summed E-state index contributed by atoms with van der Waals surface area (Å²) in [5, 5.41) is 2.78. The smallest absolute Gasteiger partial charge is 0.231 e. The molecule has 2 rings (SSSR count). The van der Waals surface area contributed by atoms with Gasteiger partial charge in [-0.15, -0.1) is 0 Å². The number of carbonyl (C=O) groups excluding carboxylic acids is 2. The van der Waals surface area contributed by atoms with E-state index in [2.05, 4.69) is 19.2 Å². The van der Waals surface area contributed by atoms with Crippen molar-refractivity contribution in [1.82, 2.24) is 0 Å². The van der Waals surface area contributed by atoms with Gasteiger partial charge in [0.25, 0.3) is 0 Å². The normalized spacial score (nSPS) is 12.6. The van der Waals surface area contributed by atoms with Crippen molar-refractivity contribution < 1.29 is 19.1 Å². The maximum Gasteiger partial charge on any atom is 0.231 e. The number of fused-ring (bicyclic) bond motifs is 1. The van der Waals surface area contributed by atoms with Crippen LogP contribution in [0, 0.1) is 5.92 Å². The Hall–Kier alpha value is -2.04. The zero-order valence-electron chi connectivity index (χ0n) is 12.0. The number of benzene rings is 1. The molecule has 5 heteroatoms. The third-order valence-corrected chi connectivity index (χ3v) is 3.11. The average molecular weight is 277 g/mol. The monoisotopic (exact) mass is 277 g/mol.